The van der Waals surface area contributed by atoms with Crippen LogP contribution in [-0.4, -0.2) is 60.5 Å². The normalized spacial score (nSPS) is 11.1. The van der Waals surface area contributed by atoms with Crippen molar-refractivity contribution in [2.45, 2.75) is 45.4 Å². The van der Waals surface area contributed by atoms with Gasteiger partial charge >= 0.3 is 5.97 Å². The van der Waals surface area contributed by atoms with E-state index in [0.29, 0.717) is 19.8 Å². The van der Waals surface area contributed by atoms with E-state index in [1.165, 1.54) is 25.7 Å². The summed E-state index contributed by atoms with van der Waals surface area (Å²) in [7, 11) is 0. The molecule has 0 saturated carbocycles. The average molecular weight is 275 g/mol. The van der Waals surface area contributed by atoms with E-state index in [1.54, 1.807) is 0 Å². The van der Waals surface area contributed by atoms with Crippen molar-refractivity contribution in [1.29, 1.82) is 0 Å². The molecule has 0 radical (unpaired) electrons. The van der Waals surface area contributed by atoms with Crippen LogP contribution in [0.25, 0.3) is 0 Å². The number of carboxylic acid groups (broad SMARTS) is 1. The lowest BCUT2D eigenvalue weighted by Crippen LogP contribution is -2.31. The van der Waals surface area contributed by atoms with E-state index in [9.17, 15) is 4.79 Å². The van der Waals surface area contributed by atoms with Crippen molar-refractivity contribution in [3.63, 3.8) is 0 Å². The highest BCUT2D eigenvalue weighted by Crippen LogP contribution is 2.04. The summed E-state index contributed by atoms with van der Waals surface area (Å²) in [5, 5.41) is 17.3. The summed E-state index contributed by atoms with van der Waals surface area (Å²) in [6.45, 7) is 5.37. The first-order valence-corrected chi connectivity index (χ1v) is 7.33. The SMILES string of the molecule is CCCCCCCN(CCOCCO)CCC(=O)O. The minimum Gasteiger partial charge on any atom is -0.481 e. The summed E-state index contributed by atoms with van der Waals surface area (Å²) in [4.78, 5) is 12.7. The molecule has 5 nitrogen and oxygen atoms in total. The predicted octanol–water partition coefficient (Wildman–Crippen LogP) is 1.74. The Morgan fingerprint density at radius 3 is 2.42 bits per heavy atom. The van der Waals surface area contributed by atoms with E-state index in [1.807, 2.05) is 0 Å². The van der Waals surface area contributed by atoms with Crippen LogP contribution < -0.4 is 0 Å². The zero-order valence-electron chi connectivity index (χ0n) is 12.1. The molecule has 0 fully saturated rings. The van der Waals surface area contributed by atoms with Gasteiger partial charge in [0.05, 0.1) is 26.2 Å². The van der Waals surface area contributed by atoms with Gasteiger partial charge in [-0.15, -0.1) is 0 Å². The number of rotatable bonds is 14. The fourth-order valence-corrected chi connectivity index (χ4v) is 1.89. The Bertz CT molecular complexity index is 212. The number of hydrogen-bond acceptors (Lipinski definition) is 4. The summed E-state index contributed by atoms with van der Waals surface area (Å²) >= 11 is 0. The third-order valence-electron chi connectivity index (χ3n) is 3.01. The lowest BCUT2D eigenvalue weighted by Gasteiger charge is -2.21. The summed E-state index contributed by atoms with van der Waals surface area (Å²) in [5.41, 5.74) is 0. The third-order valence-corrected chi connectivity index (χ3v) is 3.01. The lowest BCUT2D eigenvalue weighted by atomic mass is 10.1. The van der Waals surface area contributed by atoms with Crippen molar-refractivity contribution in [2.24, 2.45) is 0 Å². The van der Waals surface area contributed by atoms with Crippen LogP contribution in [0.2, 0.25) is 0 Å². The van der Waals surface area contributed by atoms with Crippen LogP contribution >= 0.6 is 0 Å². The first-order valence-electron chi connectivity index (χ1n) is 7.33. The number of aliphatic hydroxyl groups is 1. The van der Waals surface area contributed by atoms with Crippen molar-refractivity contribution in [3.8, 4) is 0 Å². The molecule has 0 rings (SSSR count). The zero-order chi connectivity index (χ0) is 14.3. The molecular formula is C14H29NO4. The van der Waals surface area contributed by atoms with Crippen molar-refractivity contribution in [3.05, 3.63) is 0 Å². The Labute approximate surface area is 116 Å². The Balaban J connectivity index is 3.72. The maximum Gasteiger partial charge on any atom is 0.304 e. The second-order valence-corrected chi connectivity index (χ2v) is 4.74. The van der Waals surface area contributed by atoms with E-state index in [0.717, 1.165) is 19.5 Å². The molecule has 0 spiro atoms. The Morgan fingerprint density at radius 1 is 1.05 bits per heavy atom. The lowest BCUT2D eigenvalue weighted by molar-refractivity contribution is -0.137. The molecule has 0 heterocycles. The van der Waals surface area contributed by atoms with E-state index >= 15 is 0 Å². The van der Waals surface area contributed by atoms with E-state index < -0.39 is 5.97 Å². The fraction of sp³-hybridized carbons (Fsp3) is 0.929. The van der Waals surface area contributed by atoms with Gasteiger partial charge < -0.3 is 19.8 Å². The van der Waals surface area contributed by atoms with Crippen molar-refractivity contribution in [1.82, 2.24) is 4.90 Å². The number of aliphatic carboxylic acids is 1. The molecule has 0 aliphatic heterocycles. The Kier molecular flexibility index (Phi) is 13.3. The summed E-state index contributed by atoms with van der Waals surface area (Å²) < 4.78 is 5.23. The quantitative estimate of drug-likeness (QED) is 0.473. The highest BCUT2D eigenvalue weighted by Gasteiger charge is 2.07. The van der Waals surface area contributed by atoms with Gasteiger partial charge in [0.15, 0.2) is 0 Å². The molecule has 114 valence electrons. The number of nitrogens with zero attached hydrogens (tertiary/aromatic N) is 1. The van der Waals surface area contributed by atoms with Gasteiger partial charge in [-0.25, -0.2) is 0 Å². The van der Waals surface area contributed by atoms with Crippen LogP contribution in [0.15, 0.2) is 0 Å². The van der Waals surface area contributed by atoms with Crippen LogP contribution in [0.3, 0.4) is 0 Å². The molecule has 5 heteroatoms. The number of ether oxygens (including phenoxy) is 1. The predicted molar refractivity (Wildman–Crippen MR) is 75.4 cm³/mol. The van der Waals surface area contributed by atoms with Gasteiger partial charge in [-0.2, -0.15) is 0 Å². The largest absolute Gasteiger partial charge is 0.481 e. The van der Waals surface area contributed by atoms with Crippen LogP contribution in [0, 0.1) is 0 Å². The second-order valence-electron chi connectivity index (χ2n) is 4.74. The standard InChI is InChI=1S/C14H29NO4/c1-2-3-4-5-6-8-15(9-7-14(17)18)10-12-19-13-11-16/h16H,2-13H2,1H3,(H,17,18). The molecule has 2 N–H and O–H groups in total. The molecule has 0 aromatic rings. The minimum absolute atomic E-state index is 0.0339. The Hall–Kier alpha value is -0.650. The number of carbonyl (C=O) groups is 1. The molecule has 0 amide bonds. The maximum absolute atomic E-state index is 10.6. The summed E-state index contributed by atoms with van der Waals surface area (Å²) in [5.74, 6) is -0.757. The smallest absolute Gasteiger partial charge is 0.304 e. The van der Waals surface area contributed by atoms with Crippen molar-refractivity contribution in [2.75, 3.05) is 39.5 Å². The van der Waals surface area contributed by atoms with Crippen LogP contribution in [0.1, 0.15) is 45.4 Å². The third kappa shape index (κ3) is 13.6. The monoisotopic (exact) mass is 275 g/mol. The van der Waals surface area contributed by atoms with Crippen molar-refractivity contribution >= 4 is 5.97 Å². The molecule has 0 aliphatic rings. The second kappa shape index (κ2) is 13.8. The molecule has 0 aromatic heterocycles. The van der Waals surface area contributed by atoms with Crippen LogP contribution in [-0.2, 0) is 9.53 Å². The van der Waals surface area contributed by atoms with Gasteiger partial charge in [-0.1, -0.05) is 32.6 Å². The van der Waals surface area contributed by atoms with Gasteiger partial charge in [0.25, 0.3) is 0 Å². The fourth-order valence-electron chi connectivity index (χ4n) is 1.89. The summed E-state index contributed by atoms with van der Waals surface area (Å²) in [6.07, 6.45) is 6.25. The number of carboxylic acids is 1. The Morgan fingerprint density at radius 2 is 1.79 bits per heavy atom. The van der Waals surface area contributed by atoms with Gasteiger partial charge in [0.2, 0.25) is 0 Å². The highest BCUT2D eigenvalue weighted by molar-refractivity contribution is 5.66. The van der Waals surface area contributed by atoms with Crippen LogP contribution in [0.4, 0.5) is 0 Å². The van der Waals surface area contributed by atoms with E-state index in [-0.39, 0.29) is 13.0 Å². The molecule has 19 heavy (non-hydrogen) atoms. The van der Waals surface area contributed by atoms with Crippen LogP contribution in [0.5, 0.6) is 0 Å². The van der Waals surface area contributed by atoms with E-state index in [4.69, 9.17) is 14.9 Å². The molecule has 0 bridgehead atoms. The molecular weight excluding hydrogens is 246 g/mol. The highest BCUT2D eigenvalue weighted by atomic mass is 16.5. The first-order chi connectivity index (χ1) is 9.20. The number of hydrogen-bond donors (Lipinski definition) is 2. The molecule has 0 saturated heterocycles. The summed E-state index contributed by atoms with van der Waals surface area (Å²) in [6, 6.07) is 0. The topological polar surface area (TPSA) is 70.0 Å². The van der Waals surface area contributed by atoms with Gasteiger partial charge in [0.1, 0.15) is 0 Å². The molecule has 0 aliphatic carbocycles. The maximum atomic E-state index is 10.6. The van der Waals surface area contributed by atoms with Gasteiger partial charge in [0, 0.05) is 13.1 Å². The van der Waals surface area contributed by atoms with Gasteiger partial charge in [-0.3, -0.25) is 4.79 Å². The van der Waals surface area contributed by atoms with E-state index in [2.05, 4.69) is 11.8 Å². The van der Waals surface area contributed by atoms with Crippen molar-refractivity contribution < 1.29 is 19.7 Å². The first kappa shape index (κ1) is 18.4. The average Bonchev–Trinajstić information content (AvgIpc) is 2.39. The molecule has 0 aromatic carbocycles. The molecule has 0 atom stereocenters. The molecule has 0 unspecified atom stereocenters. The number of unbranched alkanes of at least 4 members (excludes halogenated alkanes) is 4. The minimum atomic E-state index is -0.757. The van der Waals surface area contributed by atoms with Gasteiger partial charge in [-0.05, 0) is 13.0 Å². The zero-order valence-corrected chi connectivity index (χ0v) is 12.1. The number of aliphatic hydroxyl groups excluding tert-OH is 1.